The van der Waals surface area contributed by atoms with E-state index in [2.05, 4.69) is 20.6 Å². The molecule has 0 saturated carbocycles. The number of para-hydroxylation sites is 1. The lowest BCUT2D eigenvalue weighted by Crippen LogP contribution is -2.42. The molecule has 0 radical (unpaired) electrons. The molecule has 0 aliphatic carbocycles. The Kier molecular flexibility index (Phi) is 10.0. The van der Waals surface area contributed by atoms with Crippen molar-refractivity contribution in [2.24, 2.45) is 5.92 Å². The van der Waals surface area contributed by atoms with Crippen LogP contribution in [0.1, 0.15) is 17.0 Å². The number of nitrogens with one attached hydrogen (secondary N) is 2. The highest BCUT2D eigenvalue weighted by molar-refractivity contribution is 5.90. The number of halogens is 2. The number of amides is 2. The molecule has 0 spiro atoms. The van der Waals surface area contributed by atoms with E-state index in [0.717, 1.165) is 6.07 Å². The van der Waals surface area contributed by atoms with Crippen LogP contribution >= 0.6 is 0 Å². The minimum atomic E-state index is -0.935. The van der Waals surface area contributed by atoms with E-state index in [9.17, 15) is 23.8 Å². The highest BCUT2D eigenvalue weighted by Crippen LogP contribution is 2.31. The first-order valence-corrected chi connectivity index (χ1v) is 13.1. The molecule has 4 rings (SSSR count). The number of methoxy groups -OCH3 is 1. The number of likely N-dealkylation sites (tertiary alicyclic amines) is 1. The molecule has 1 aliphatic rings. The summed E-state index contributed by atoms with van der Waals surface area (Å²) in [6, 6.07) is 12.1. The third-order valence-corrected chi connectivity index (χ3v) is 6.98. The molecule has 1 saturated heterocycles. The van der Waals surface area contributed by atoms with E-state index >= 15 is 0 Å². The molecule has 4 N–H and O–H groups in total. The number of aromatic nitrogens is 2. The molecule has 0 bridgehead atoms. The Morgan fingerprint density at radius 2 is 1.88 bits per heavy atom. The largest absolute Gasteiger partial charge is 0.476 e. The van der Waals surface area contributed by atoms with Crippen molar-refractivity contribution in [1.82, 2.24) is 20.0 Å². The maximum Gasteiger partial charge on any atom is 0.320 e. The summed E-state index contributed by atoms with van der Waals surface area (Å²) in [6.07, 6.45) is 0. The molecule has 40 heavy (non-hydrogen) atoms. The Morgan fingerprint density at radius 3 is 2.55 bits per heavy atom. The maximum absolute atomic E-state index is 14.1. The van der Waals surface area contributed by atoms with Gasteiger partial charge in [0.1, 0.15) is 5.82 Å². The normalized spacial score (nSPS) is 17.4. The number of aliphatic hydroxyl groups excluding tert-OH is 2. The number of carbonyl (C=O) groups is 1. The quantitative estimate of drug-likeness (QED) is 0.269. The van der Waals surface area contributed by atoms with Gasteiger partial charge in [0.2, 0.25) is 5.88 Å². The molecule has 10 nitrogen and oxygen atoms in total. The van der Waals surface area contributed by atoms with Crippen molar-refractivity contribution in [1.29, 1.82) is 0 Å². The van der Waals surface area contributed by atoms with E-state index in [0.29, 0.717) is 48.9 Å². The smallest absolute Gasteiger partial charge is 0.320 e. The van der Waals surface area contributed by atoms with Crippen LogP contribution in [0.5, 0.6) is 5.88 Å². The van der Waals surface area contributed by atoms with Crippen LogP contribution in [0.15, 0.2) is 48.5 Å². The molecule has 1 aliphatic heterocycles. The molecule has 1 fully saturated rings. The Balaban J connectivity index is 1.56. The van der Waals surface area contributed by atoms with E-state index in [1.54, 1.807) is 24.8 Å². The SMILES string of the molecule is COCCN1C[C@@H](NC(=O)Nc2c(C)c(OCC(CO)CO)nn2-c2ccccc2)[C@H](c2ccc(F)c(F)c2)C1. The summed E-state index contributed by atoms with van der Waals surface area (Å²) in [5.74, 6) is -1.98. The third-order valence-electron chi connectivity index (χ3n) is 6.98. The van der Waals surface area contributed by atoms with Crippen LogP contribution in [-0.2, 0) is 4.74 Å². The van der Waals surface area contributed by atoms with Crippen molar-refractivity contribution < 1.29 is 33.3 Å². The van der Waals surface area contributed by atoms with Crippen molar-refractivity contribution >= 4 is 11.8 Å². The fourth-order valence-corrected chi connectivity index (χ4v) is 4.70. The first-order chi connectivity index (χ1) is 19.3. The fraction of sp³-hybridized carbons (Fsp3) is 0.429. The first-order valence-electron chi connectivity index (χ1n) is 13.1. The minimum Gasteiger partial charge on any atom is -0.476 e. The summed E-state index contributed by atoms with van der Waals surface area (Å²) in [5.41, 5.74) is 1.83. The van der Waals surface area contributed by atoms with Crippen molar-refractivity contribution in [2.75, 3.05) is 58.5 Å². The summed E-state index contributed by atoms with van der Waals surface area (Å²) in [5, 5.41) is 29.2. The van der Waals surface area contributed by atoms with Crippen molar-refractivity contribution in [3.05, 3.63) is 71.3 Å². The van der Waals surface area contributed by atoms with Crippen molar-refractivity contribution in [2.45, 2.75) is 18.9 Å². The number of anilines is 1. The van der Waals surface area contributed by atoms with Crippen molar-refractivity contribution in [3.63, 3.8) is 0 Å². The van der Waals surface area contributed by atoms with Crippen LogP contribution in [-0.4, -0.2) is 90.1 Å². The summed E-state index contributed by atoms with van der Waals surface area (Å²) in [7, 11) is 1.61. The summed E-state index contributed by atoms with van der Waals surface area (Å²) < 4.78 is 40.2. The van der Waals surface area contributed by atoms with Gasteiger partial charge in [-0.25, -0.2) is 18.3 Å². The fourth-order valence-electron chi connectivity index (χ4n) is 4.70. The van der Waals surface area contributed by atoms with Gasteiger partial charge in [0, 0.05) is 38.6 Å². The maximum atomic E-state index is 14.1. The predicted molar refractivity (Wildman–Crippen MR) is 145 cm³/mol. The zero-order chi connectivity index (χ0) is 28.6. The molecule has 3 aromatic rings. The molecular formula is C28H35F2N5O5. The molecule has 12 heteroatoms. The van der Waals surface area contributed by atoms with E-state index in [1.165, 1.54) is 6.07 Å². The standard InChI is InChI=1S/C28H35F2N5O5/c1-18-26(35(21-6-4-3-5-7-21)33-27(18)40-17-19(15-36)16-37)32-28(38)31-25-14-34(10-11-39-2)13-22(25)20-8-9-23(29)24(30)12-20/h3-9,12,19,22,25,36-37H,10-11,13-17H2,1-2H3,(H2,31,32,38)/t22-,25+/m0/s1. The second-order valence-corrected chi connectivity index (χ2v) is 9.81. The van der Waals surface area contributed by atoms with Crippen LogP contribution in [0.25, 0.3) is 5.69 Å². The summed E-state index contributed by atoms with van der Waals surface area (Å²) in [6.45, 7) is 3.45. The third kappa shape index (κ3) is 6.94. The number of nitrogens with zero attached hydrogens (tertiary/aromatic N) is 3. The lowest BCUT2D eigenvalue weighted by atomic mass is 9.94. The second-order valence-electron chi connectivity index (χ2n) is 9.81. The lowest BCUT2D eigenvalue weighted by Gasteiger charge is -2.21. The van der Waals surface area contributed by atoms with Crippen LogP contribution < -0.4 is 15.4 Å². The lowest BCUT2D eigenvalue weighted by molar-refractivity contribution is 0.104. The molecule has 2 atom stereocenters. The molecule has 0 unspecified atom stereocenters. The molecule has 216 valence electrons. The van der Waals surface area contributed by atoms with Gasteiger partial charge in [-0.3, -0.25) is 10.2 Å². The van der Waals surface area contributed by atoms with Gasteiger partial charge in [0.05, 0.1) is 43.7 Å². The number of carbonyl (C=O) groups excluding carboxylic acids is 1. The molecular weight excluding hydrogens is 524 g/mol. The zero-order valence-corrected chi connectivity index (χ0v) is 22.5. The molecule has 2 aromatic carbocycles. The van der Waals surface area contributed by atoms with Crippen LogP contribution in [0, 0.1) is 24.5 Å². The van der Waals surface area contributed by atoms with E-state index < -0.39 is 23.6 Å². The van der Waals surface area contributed by atoms with Gasteiger partial charge in [0.15, 0.2) is 11.6 Å². The number of aliphatic hydroxyl groups is 2. The number of urea groups is 1. The summed E-state index contributed by atoms with van der Waals surface area (Å²) in [4.78, 5) is 15.4. The van der Waals surface area contributed by atoms with Gasteiger partial charge in [-0.2, -0.15) is 0 Å². The number of rotatable bonds is 12. The van der Waals surface area contributed by atoms with Crippen LogP contribution in [0.4, 0.5) is 19.4 Å². The molecule has 2 amide bonds. The van der Waals surface area contributed by atoms with Gasteiger partial charge < -0.3 is 25.0 Å². The number of benzene rings is 2. The average molecular weight is 560 g/mol. The monoisotopic (exact) mass is 559 g/mol. The van der Waals surface area contributed by atoms with E-state index in [-0.39, 0.29) is 37.7 Å². The highest BCUT2D eigenvalue weighted by Gasteiger charge is 2.35. The van der Waals surface area contributed by atoms with E-state index in [4.69, 9.17) is 9.47 Å². The highest BCUT2D eigenvalue weighted by atomic mass is 19.2. The van der Waals surface area contributed by atoms with Gasteiger partial charge in [-0.15, -0.1) is 5.10 Å². The van der Waals surface area contributed by atoms with Gasteiger partial charge in [-0.05, 0) is 36.8 Å². The average Bonchev–Trinajstić information content (AvgIpc) is 3.50. The number of hydrogen-bond acceptors (Lipinski definition) is 7. The van der Waals surface area contributed by atoms with Crippen LogP contribution in [0.3, 0.4) is 0 Å². The number of hydrogen-bond donors (Lipinski definition) is 4. The van der Waals surface area contributed by atoms with Gasteiger partial charge >= 0.3 is 6.03 Å². The second kappa shape index (κ2) is 13.7. The van der Waals surface area contributed by atoms with Crippen molar-refractivity contribution in [3.8, 4) is 11.6 Å². The molecule has 1 aromatic heterocycles. The first kappa shape index (κ1) is 29.4. The zero-order valence-electron chi connectivity index (χ0n) is 22.5. The topological polar surface area (TPSA) is 121 Å². The minimum absolute atomic E-state index is 0.0422. The Morgan fingerprint density at radius 1 is 1.12 bits per heavy atom. The Hall–Kier alpha value is -3.58. The predicted octanol–water partition coefficient (Wildman–Crippen LogP) is 2.67. The summed E-state index contributed by atoms with van der Waals surface area (Å²) >= 11 is 0. The molecule has 2 heterocycles. The van der Waals surface area contributed by atoms with Gasteiger partial charge in [-0.1, -0.05) is 24.3 Å². The van der Waals surface area contributed by atoms with Gasteiger partial charge in [0.25, 0.3) is 0 Å². The van der Waals surface area contributed by atoms with E-state index in [1.807, 2.05) is 30.3 Å². The Labute approximate surface area is 231 Å². The van der Waals surface area contributed by atoms with Crippen LogP contribution in [0.2, 0.25) is 0 Å². The Bertz CT molecular complexity index is 1270. The number of ether oxygens (including phenoxy) is 2.